The highest BCUT2D eigenvalue weighted by Crippen LogP contribution is 2.38. The van der Waals surface area contributed by atoms with E-state index in [-0.39, 0.29) is 6.61 Å². The lowest BCUT2D eigenvalue weighted by molar-refractivity contribution is 0.173. The Kier molecular flexibility index (Phi) is 2.69. The molecule has 0 radical (unpaired) electrons. The summed E-state index contributed by atoms with van der Waals surface area (Å²) in [5.41, 5.74) is 4.30. The predicted octanol–water partition coefficient (Wildman–Crippen LogP) is 2.88. The molecule has 1 aliphatic heterocycles. The van der Waals surface area contributed by atoms with Crippen LogP contribution in [0.3, 0.4) is 0 Å². The number of epoxide rings is 1. The highest BCUT2D eigenvalue weighted by molar-refractivity contribution is 5.64. The van der Waals surface area contributed by atoms with Crippen LogP contribution in [0.2, 0.25) is 0 Å². The van der Waals surface area contributed by atoms with E-state index >= 15 is 0 Å². The molecule has 1 saturated heterocycles. The number of aliphatic hydroxyl groups is 1. The molecule has 1 atom stereocenters. The Hall–Kier alpha value is -1.64. The zero-order valence-electron chi connectivity index (χ0n) is 10.4. The summed E-state index contributed by atoms with van der Waals surface area (Å²) in [5, 5.41) is 9.31. The fourth-order valence-electron chi connectivity index (χ4n) is 2.23. The highest BCUT2D eigenvalue weighted by atomic mass is 16.6. The standard InChI is InChI=1S/C16H16O2/c1-12-3-2-4-14(9-12)13-5-7-15(8-6-13)16(10-17)11-18-16/h2-9,17H,10-11H2,1H3/t16-/m1/s1. The van der Waals surface area contributed by atoms with Crippen LogP contribution in [0.4, 0.5) is 0 Å². The van der Waals surface area contributed by atoms with E-state index in [9.17, 15) is 5.11 Å². The van der Waals surface area contributed by atoms with Crippen molar-refractivity contribution in [3.8, 4) is 11.1 Å². The number of aryl methyl sites for hydroxylation is 1. The second kappa shape index (κ2) is 4.23. The van der Waals surface area contributed by atoms with Crippen LogP contribution in [0.1, 0.15) is 11.1 Å². The molecule has 1 fully saturated rings. The molecule has 0 aliphatic carbocycles. The van der Waals surface area contributed by atoms with Gasteiger partial charge in [0, 0.05) is 0 Å². The summed E-state index contributed by atoms with van der Waals surface area (Å²) < 4.78 is 5.35. The van der Waals surface area contributed by atoms with Gasteiger partial charge >= 0.3 is 0 Å². The Bertz CT molecular complexity index is 554. The number of benzene rings is 2. The summed E-state index contributed by atoms with van der Waals surface area (Å²) in [7, 11) is 0. The Labute approximate surface area is 107 Å². The second-order valence-electron chi connectivity index (χ2n) is 4.89. The van der Waals surface area contributed by atoms with Gasteiger partial charge in [0.05, 0.1) is 13.2 Å². The minimum atomic E-state index is -0.425. The zero-order valence-corrected chi connectivity index (χ0v) is 10.4. The molecule has 0 saturated carbocycles. The van der Waals surface area contributed by atoms with E-state index in [0.29, 0.717) is 6.61 Å². The fraction of sp³-hybridized carbons (Fsp3) is 0.250. The molecule has 2 heteroatoms. The van der Waals surface area contributed by atoms with Crippen LogP contribution in [-0.2, 0) is 10.3 Å². The maximum absolute atomic E-state index is 9.31. The van der Waals surface area contributed by atoms with E-state index in [1.165, 1.54) is 16.7 Å². The lowest BCUT2D eigenvalue weighted by Crippen LogP contribution is -2.13. The number of hydrogen-bond donors (Lipinski definition) is 1. The molecular formula is C16H16O2. The molecule has 2 aromatic carbocycles. The van der Waals surface area contributed by atoms with Gasteiger partial charge in [-0.2, -0.15) is 0 Å². The molecule has 1 aliphatic rings. The van der Waals surface area contributed by atoms with Crippen LogP contribution < -0.4 is 0 Å². The predicted molar refractivity (Wildman–Crippen MR) is 71.3 cm³/mol. The van der Waals surface area contributed by atoms with Crippen molar-refractivity contribution in [1.82, 2.24) is 0 Å². The normalized spacial score (nSPS) is 21.9. The molecule has 0 aromatic heterocycles. The van der Waals surface area contributed by atoms with Crippen LogP contribution in [0.25, 0.3) is 11.1 Å². The summed E-state index contributed by atoms with van der Waals surface area (Å²) in [4.78, 5) is 0. The summed E-state index contributed by atoms with van der Waals surface area (Å²) in [6.45, 7) is 2.76. The number of ether oxygens (including phenoxy) is 1. The molecule has 0 spiro atoms. The Morgan fingerprint density at radius 1 is 1.11 bits per heavy atom. The van der Waals surface area contributed by atoms with Gasteiger partial charge in [-0.15, -0.1) is 0 Å². The number of aliphatic hydroxyl groups excluding tert-OH is 1. The maximum atomic E-state index is 9.31. The fourth-order valence-corrected chi connectivity index (χ4v) is 2.23. The summed E-state index contributed by atoms with van der Waals surface area (Å²) in [6, 6.07) is 16.7. The largest absolute Gasteiger partial charge is 0.393 e. The molecule has 92 valence electrons. The Morgan fingerprint density at radius 2 is 1.83 bits per heavy atom. The Morgan fingerprint density at radius 3 is 2.39 bits per heavy atom. The van der Waals surface area contributed by atoms with E-state index in [0.717, 1.165) is 5.56 Å². The lowest BCUT2D eigenvalue weighted by atomic mass is 9.97. The van der Waals surface area contributed by atoms with E-state index in [2.05, 4.69) is 43.3 Å². The van der Waals surface area contributed by atoms with Gasteiger partial charge in [0.2, 0.25) is 0 Å². The lowest BCUT2D eigenvalue weighted by Gasteiger charge is -2.10. The monoisotopic (exact) mass is 240 g/mol. The molecule has 0 unspecified atom stereocenters. The third-order valence-corrected chi connectivity index (χ3v) is 3.51. The van der Waals surface area contributed by atoms with Crippen molar-refractivity contribution in [3.05, 3.63) is 59.7 Å². The molecule has 0 bridgehead atoms. The average Bonchev–Trinajstić information content (AvgIpc) is 3.20. The van der Waals surface area contributed by atoms with Gasteiger partial charge in [-0.3, -0.25) is 0 Å². The van der Waals surface area contributed by atoms with Crippen molar-refractivity contribution in [2.45, 2.75) is 12.5 Å². The van der Waals surface area contributed by atoms with Crippen LogP contribution in [-0.4, -0.2) is 18.3 Å². The topological polar surface area (TPSA) is 32.8 Å². The maximum Gasteiger partial charge on any atom is 0.139 e. The van der Waals surface area contributed by atoms with Crippen molar-refractivity contribution in [1.29, 1.82) is 0 Å². The van der Waals surface area contributed by atoms with Crippen molar-refractivity contribution >= 4 is 0 Å². The first-order valence-electron chi connectivity index (χ1n) is 6.16. The molecule has 2 nitrogen and oxygen atoms in total. The molecule has 2 aromatic rings. The van der Waals surface area contributed by atoms with Gasteiger partial charge in [0.15, 0.2) is 0 Å². The summed E-state index contributed by atoms with van der Waals surface area (Å²) in [5.74, 6) is 0. The summed E-state index contributed by atoms with van der Waals surface area (Å²) >= 11 is 0. The van der Waals surface area contributed by atoms with Gasteiger partial charge in [0.25, 0.3) is 0 Å². The van der Waals surface area contributed by atoms with E-state index < -0.39 is 5.60 Å². The highest BCUT2D eigenvalue weighted by Gasteiger charge is 2.45. The molecule has 1 N–H and O–H groups in total. The van der Waals surface area contributed by atoms with E-state index in [1.54, 1.807) is 0 Å². The van der Waals surface area contributed by atoms with Crippen molar-refractivity contribution in [2.24, 2.45) is 0 Å². The average molecular weight is 240 g/mol. The first-order chi connectivity index (χ1) is 8.73. The molecule has 1 heterocycles. The minimum Gasteiger partial charge on any atom is -0.393 e. The van der Waals surface area contributed by atoms with E-state index in [1.807, 2.05) is 12.1 Å². The number of hydrogen-bond acceptors (Lipinski definition) is 2. The Balaban J connectivity index is 1.92. The van der Waals surface area contributed by atoms with Crippen LogP contribution in [0, 0.1) is 6.92 Å². The van der Waals surface area contributed by atoms with E-state index in [4.69, 9.17) is 4.74 Å². The van der Waals surface area contributed by atoms with Crippen molar-refractivity contribution < 1.29 is 9.84 Å². The quantitative estimate of drug-likeness (QED) is 0.837. The first kappa shape index (κ1) is 11.5. The van der Waals surface area contributed by atoms with Crippen LogP contribution in [0.15, 0.2) is 48.5 Å². The summed E-state index contributed by atoms with van der Waals surface area (Å²) in [6.07, 6.45) is 0. The third-order valence-electron chi connectivity index (χ3n) is 3.51. The van der Waals surface area contributed by atoms with Crippen molar-refractivity contribution in [3.63, 3.8) is 0 Å². The first-order valence-corrected chi connectivity index (χ1v) is 6.16. The van der Waals surface area contributed by atoms with Gasteiger partial charge in [-0.1, -0.05) is 54.1 Å². The molecule has 0 amide bonds. The smallest absolute Gasteiger partial charge is 0.139 e. The molecule has 3 rings (SSSR count). The zero-order chi connectivity index (χ0) is 12.6. The van der Waals surface area contributed by atoms with Gasteiger partial charge in [0.1, 0.15) is 5.60 Å². The van der Waals surface area contributed by atoms with Crippen LogP contribution in [0.5, 0.6) is 0 Å². The minimum absolute atomic E-state index is 0.0524. The molecule has 18 heavy (non-hydrogen) atoms. The van der Waals surface area contributed by atoms with Crippen molar-refractivity contribution in [2.75, 3.05) is 13.2 Å². The van der Waals surface area contributed by atoms with Gasteiger partial charge in [-0.05, 0) is 23.6 Å². The second-order valence-corrected chi connectivity index (χ2v) is 4.89. The molecular weight excluding hydrogens is 224 g/mol. The van der Waals surface area contributed by atoms with Gasteiger partial charge in [-0.25, -0.2) is 0 Å². The number of rotatable bonds is 3. The third kappa shape index (κ3) is 1.94. The van der Waals surface area contributed by atoms with Crippen LogP contribution >= 0.6 is 0 Å². The van der Waals surface area contributed by atoms with Gasteiger partial charge < -0.3 is 9.84 Å². The SMILES string of the molecule is Cc1cccc(-c2ccc([C@@]3(CO)CO3)cc2)c1.